The molecule has 1 aromatic heterocycles. The standard InChI is InChI=1S/C12H17NO4/c1-13(5-8-2-9(14)3-8)6-10-4-11(15)12(16)7-17-10/h4,7-9,14,16H,2-3,5-6H2,1H3. The second-order valence-electron chi connectivity index (χ2n) is 4.78. The molecule has 0 aromatic carbocycles. The summed E-state index contributed by atoms with van der Waals surface area (Å²) in [6, 6.07) is 1.31. The minimum Gasteiger partial charge on any atom is -0.502 e. The van der Waals surface area contributed by atoms with Gasteiger partial charge in [-0.05, 0) is 25.8 Å². The molecule has 5 nitrogen and oxygen atoms in total. The first-order chi connectivity index (χ1) is 8.04. The molecule has 1 aliphatic rings. The van der Waals surface area contributed by atoms with Gasteiger partial charge in [0.05, 0.1) is 12.6 Å². The van der Waals surface area contributed by atoms with E-state index in [0.717, 1.165) is 25.6 Å². The molecular weight excluding hydrogens is 222 g/mol. The number of hydrogen-bond acceptors (Lipinski definition) is 5. The van der Waals surface area contributed by atoms with E-state index in [1.165, 1.54) is 6.07 Å². The van der Waals surface area contributed by atoms with E-state index in [2.05, 4.69) is 0 Å². The van der Waals surface area contributed by atoms with Gasteiger partial charge in [0, 0.05) is 12.6 Å². The summed E-state index contributed by atoms with van der Waals surface area (Å²) in [5.74, 6) is 0.701. The molecule has 1 aliphatic carbocycles. The number of nitrogens with zero attached hydrogens (tertiary/aromatic N) is 1. The van der Waals surface area contributed by atoms with Crippen LogP contribution in [-0.4, -0.2) is 34.8 Å². The van der Waals surface area contributed by atoms with Gasteiger partial charge in [-0.3, -0.25) is 9.69 Å². The molecule has 1 heterocycles. The summed E-state index contributed by atoms with van der Waals surface area (Å²) in [7, 11) is 1.94. The van der Waals surface area contributed by atoms with E-state index in [1.807, 2.05) is 11.9 Å². The molecule has 5 heteroatoms. The Balaban J connectivity index is 1.87. The maximum Gasteiger partial charge on any atom is 0.226 e. The normalized spacial score (nSPS) is 23.7. The van der Waals surface area contributed by atoms with Crippen LogP contribution >= 0.6 is 0 Å². The Kier molecular flexibility index (Phi) is 3.49. The fourth-order valence-corrected chi connectivity index (χ4v) is 2.15. The van der Waals surface area contributed by atoms with Gasteiger partial charge in [0.25, 0.3) is 0 Å². The highest BCUT2D eigenvalue weighted by atomic mass is 16.4. The summed E-state index contributed by atoms with van der Waals surface area (Å²) in [5, 5.41) is 18.2. The van der Waals surface area contributed by atoms with Crippen LogP contribution in [0, 0.1) is 5.92 Å². The number of aromatic hydroxyl groups is 1. The number of rotatable bonds is 4. The smallest absolute Gasteiger partial charge is 0.226 e. The molecule has 0 saturated heterocycles. The Morgan fingerprint density at radius 1 is 1.53 bits per heavy atom. The summed E-state index contributed by atoms with van der Waals surface area (Å²) in [6.45, 7) is 1.41. The molecule has 2 N–H and O–H groups in total. The molecule has 0 radical (unpaired) electrons. The molecule has 1 fully saturated rings. The lowest BCUT2D eigenvalue weighted by atomic mass is 9.82. The van der Waals surface area contributed by atoms with Crippen LogP contribution in [0.1, 0.15) is 18.6 Å². The Bertz CT molecular complexity index is 436. The fourth-order valence-electron chi connectivity index (χ4n) is 2.15. The molecule has 0 atom stereocenters. The van der Waals surface area contributed by atoms with Crippen LogP contribution in [0.25, 0.3) is 0 Å². The molecule has 1 saturated carbocycles. The van der Waals surface area contributed by atoms with Crippen molar-refractivity contribution in [1.82, 2.24) is 4.90 Å². The second kappa shape index (κ2) is 4.89. The average molecular weight is 239 g/mol. The van der Waals surface area contributed by atoms with Crippen molar-refractivity contribution < 1.29 is 14.6 Å². The molecule has 1 aromatic rings. The van der Waals surface area contributed by atoms with Gasteiger partial charge in [0.15, 0.2) is 5.75 Å². The number of aliphatic hydroxyl groups is 1. The van der Waals surface area contributed by atoms with E-state index in [-0.39, 0.29) is 11.9 Å². The van der Waals surface area contributed by atoms with Gasteiger partial charge in [-0.1, -0.05) is 0 Å². The van der Waals surface area contributed by atoms with Crippen molar-refractivity contribution in [1.29, 1.82) is 0 Å². The maximum atomic E-state index is 11.2. The van der Waals surface area contributed by atoms with Gasteiger partial charge in [-0.25, -0.2) is 0 Å². The highest BCUT2D eigenvalue weighted by molar-refractivity contribution is 5.15. The fraction of sp³-hybridized carbons (Fsp3) is 0.583. The van der Waals surface area contributed by atoms with E-state index in [9.17, 15) is 9.90 Å². The zero-order valence-corrected chi connectivity index (χ0v) is 9.80. The van der Waals surface area contributed by atoms with Crippen molar-refractivity contribution >= 4 is 0 Å². The molecule has 0 bridgehead atoms. The summed E-state index contributed by atoms with van der Waals surface area (Å²) < 4.78 is 5.12. The van der Waals surface area contributed by atoms with Crippen molar-refractivity contribution in [2.24, 2.45) is 5.92 Å². The third kappa shape index (κ3) is 3.08. The van der Waals surface area contributed by atoms with Crippen molar-refractivity contribution in [3.8, 4) is 5.75 Å². The molecule has 17 heavy (non-hydrogen) atoms. The van der Waals surface area contributed by atoms with Crippen molar-refractivity contribution in [2.75, 3.05) is 13.6 Å². The van der Waals surface area contributed by atoms with E-state index in [4.69, 9.17) is 9.52 Å². The lowest BCUT2D eigenvalue weighted by Crippen LogP contribution is -2.36. The molecule has 0 amide bonds. The highest BCUT2D eigenvalue weighted by Gasteiger charge is 2.27. The first-order valence-electron chi connectivity index (χ1n) is 5.72. The van der Waals surface area contributed by atoms with E-state index < -0.39 is 5.43 Å². The molecule has 0 unspecified atom stereocenters. The Labute approximate surface area is 99.3 Å². The van der Waals surface area contributed by atoms with E-state index >= 15 is 0 Å². The monoisotopic (exact) mass is 239 g/mol. The van der Waals surface area contributed by atoms with Crippen LogP contribution in [0.2, 0.25) is 0 Å². The Hall–Kier alpha value is -1.33. The van der Waals surface area contributed by atoms with Crippen LogP contribution in [-0.2, 0) is 6.54 Å². The van der Waals surface area contributed by atoms with Gasteiger partial charge in [0.2, 0.25) is 5.43 Å². The van der Waals surface area contributed by atoms with Crippen molar-refractivity contribution in [3.63, 3.8) is 0 Å². The minimum absolute atomic E-state index is 0.139. The van der Waals surface area contributed by atoms with Crippen molar-refractivity contribution in [3.05, 3.63) is 28.3 Å². The first-order valence-corrected chi connectivity index (χ1v) is 5.72. The van der Waals surface area contributed by atoms with Crippen LogP contribution in [0.5, 0.6) is 5.75 Å². The zero-order valence-electron chi connectivity index (χ0n) is 9.80. The van der Waals surface area contributed by atoms with E-state index in [1.54, 1.807) is 0 Å². The topological polar surface area (TPSA) is 73.9 Å². The van der Waals surface area contributed by atoms with Crippen LogP contribution in [0.4, 0.5) is 0 Å². The second-order valence-corrected chi connectivity index (χ2v) is 4.78. The molecule has 94 valence electrons. The Morgan fingerprint density at radius 2 is 2.24 bits per heavy atom. The SMILES string of the molecule is CN(Cc1cc(=O)c(O)co1)CC1CC(O)C1. The van der Waals surface area contributed by atoms with Gasteiger partial charge < -0.3 is 14.6 Å². The third-order valence-electron chi connectivity index (χ3n) is 3.07. The number of aliphatic hydroxyl groups excluding tert-OH is 1. The predicted octanol–water partition coefficient (Wildman–Crippen LogP) is 0.548. The van der Waals surface area contributed by atoms with Gasteiger partial charge >= 0.3 is 0 Å². The van der Waals surface area contributed by atoms with Gasteiger partial charge in [-0.15, -0.1) is 0 Å². The first kappa shape index (κ1) is 12.1. The van der Waals surface area contributed by atoms with E-state index in [0.29, 0.717) is 18.2 Å². The summed E-state index contributed by atoms with van der Waals surface area (Å²) in [4.78, 5) is 13.2. The van der Waals surface area contributed by atoms with Gasteiger partial charge in [0.1, 0.15) is 12.0 Å². The lowest BCUT2D eigenvalue weighted by molar-refractivity contribution is 0.0265. The minimum atomic E-state index is -0.418. The predicted molar refractivity (Wildman–Crippen MR) is 61.7 cm³/mol. The lowest BCUT2D eigenvalue weighted by Gasteiger charge is -2.34. The summed E-state index contributed by atoms with van der Waals surface area (Å²) >= 11 is 0. The largest absolute Gasteiger partial charge is 0.502 e. The molecule has 0 aliphatic heterocycles. The summed E-state index contributed by atoms with van der Waals surface area (Å²) in [5.41, 5.74) is -0.418. The molecule has 2 rings (SSSR count). The highest BCUT2D eigenvalue weighted by Crippen LogP contribution is 2.27. The van der Waals surface area contributed by atoms with Crippen LogP contribution in [0.3, 0.4) is 0 Å². The zero-order chi connectivity index (χ0) is 12.4. The third-order valence-corrected chi connectivity index (χ3v) is 3.07. The number of hydrogen-bond donors (Lipinski definition) is 2. The average Bonchev–Trinajstić information content (AvgIpc) is 2.21. The summed E-state index contributed by atoms with van der Waals surface area (Å²) in [6.07, 6.45) is 2.63. The van der Waals surface area contributed by atoms with Crippen molar-refractivity contribution in [2.45, 2.75) is 25.5 Å². The van der Waals surface area contributed by atoms with Crippen LogP contribution < -0.4 is 5.43 Å². The quantitative estimate of drug-likeness (QED) is 0.802. The van der Waals surface area contributed by atoms with Gasteiger partial charge in [-0.2, -0.15) is 0 Å². The maximum absolute atomic E-state index is 11.2. The Morgan fingerprint density at radius 3 is 2.82 bits per heavy atom. The van der Waals surface area contributed by atoms with Crippen LogP contribution in [0.15, 0.2) is 21.5 Å². The molecule has 0 spiro atoms. The molecular formula is C12H17NO4.